The van der Waals surface area contributed by atoms with Crippen LogP contribution in [-0.2, 0) is 40.8 Å². The molecule has 300 valence electrons. The minimum Gasteiger partial charge on any atom is -0.508 e. The van der Waals surface area contributed by atoms with Crippen LogP contribution >= 0.6 is 0 Å². The average Bonchev–Trinajstić information content (AvgIpc) is 3.54. The van der Waals surface area contributed by atoms with Gasteiger partial charge in [0.1, 0.15) is 29.3 Å². The van der Waals surface area contributed by atoms with Crippen molar-refractivity contribution in [2.45, 2.75) is 64.4 Å². The summed E-state index contributed by atoms with van der Waals surface area (Å²) in [6, 6.07) is 28.4. The lowest BCUT2D eigenvalue weighted by molar-refractivity contribution is -0.205. The van der Waals surface area contributed by atoms with Crippen molar-refractivity contribution in [1.29, 1.82) is 0 Å². The van der Waals surface area contributed by atoms with Gasteiger partial charge in [0.15, 0.2) is 0 Å². The molecule has 4 aromatic carbocycles. The van der Waals surface area contributed by atoms with Crippen LogP contribution in [0.4, 0.5) is 5.69 Å². The van der Waals surface area contributed by atoms with E-state index in [9.17, 15) is 24.3 Å². The van der Waals surface area contributed by atoms with Crippen LogP contribution in [0.3, 0.4) is 0 Å². The number of anilines is 1. The monoisotopic (exact) mass is 782 g/mol. The van der Waals surface area contributed by atoms with Crippen LogP contribution in [-0.4, -0.2) is 90.6 Å². The van der Waals surface area contributed by atoms with E-state index in [-0.39, 0.29) is 74.0 Å². The maximum Gasteiger partial charge on any atom is 0.257 e. The molecule has 3 heterocycles. The van der Waals surface area contributed by atoms with Crippen LogP contribution in [0.25, 0.3) is 10.9 Å². The summed E-state index contributed by atoms with van der Waals surface area (Å²) < 4.78 is 7.82. The molecule has 2 N–H and O–H groups in total. The van der Waals surface area contributed by atoms with E-state index in [0.717, 1.165) is 27.6 Å². The lowest BCUT2D eigenvalue weighted by atomic mass is 9.97. The number of nitrogens with one attached hydrogen (secondary N) is 1. The van der Waals surface area contributed by atoms with Gasteiger partial charge in [-0.1, -0.05) is 66.7 Å². The number of nitrogens with zero attached hydrogens (tertiary/aromatic N) is 5. The van der Waals surface area contributed by atoms with Crippen molar-refractivity contribution < 1.29 is 29.0 Å². The highest BCUT2D eigenvalue weighted by molar-refractivity contribution is 6.13. The van der Waals surface area contributed by atoms with Gasteiger partial charge in [0.25, 0.3) is 5.91 Å². The lowest BCUT2D eigenvalue weighted by Crippen LogP contribution is -2.75. The zero-order valence-electron chi connectivity index (χ0n) is 33.4. The number of aromatic nitrogens is 1. The van der Waals surface area contributed by atoms with E-state index >= 15 is 0 Å². The quantitative estimate of drug-likeness (QED) is 0.142. The molecular formula is C46H50N6O6. The number of ether oxygens (including phenoxy) is 1. The standard InChI is InChI=1S/C46H50N6O6/c1-6-25-50-30-42(55)51-39(26-32-15-20-35(53)21-16-32)45(57)49(29-40(51)52(50)41(54)24-17-31-11-8-7-9-12-31)27-33-13-10-14-37-38(28-48(5)43(33)37)44(56)47-34-18-22-36(23-19-34)58-46(2,3)4/h6-16,18-23,28,39-40,53H,1,17,24-27,29-30H2,2-5H3,(H,47,56)/t39-,40-/m0/s1. The van der Waals surface area contributed by atoms with Crippen molar-refractivity contribution in [1.82, 2.24) is 24.4 Å². The van der Waals surface area contributed by atoms with Gasteiger partial charge in [-0.15, -0.1) is 6.58 Å². The molecule has 4 amide bonds. The van der Waals surface area contributed by atoms with Crippen LogP contribution < -0.4 is 10.1 Å². The summed E-state index contributed by atoms with van der Waals surface area (Å²) in [5.41, 5.74) is 4.12. The number of piperazine rings is 1. The Hall–Kier alpha value is -6.40. The normalized spacial score (nSPS) is 17.3. The fraction of sp³-hybridized carbons (Fsp3) is 0.304. The number of aryl methyl sites for hydroxylation is 2. The molecule has 1 aromatic heterocycles. The summed E-state index contributed by atoms with van der Waals surface area (Å²) >= 11 is 0. The molecular weight excluding hydrogens is 733 g/mol. The van der Waals surface area contributed by atoms with Crippen molar-refractivity contribution in [2.75, 3.05) is 25.0 Å². The van der Waals surface area contributed by atoms with E-state index in [1.807, 2.05) is 93.0 Å². The first-order valence-corrected chi connectivity index (χ1v) is 19.6. The van der Waals surface area contributed by atoms with E-state index in [1.165, 1.54) is 0 Å². The fourth-order valence-electron chi connectivity index (χ4n) is 7.99. The highest BCUT2D eigenvalue weighted by Crippen LogP contribution is 2.32. The highest BCUT2D eigenvalue weighted by Gasteiger charge is 2.51. The Morgan fingerprint density at radius 3 is 2.34 bits per heavy atom. The van der Waals surface area contributed by atoms with Gasteiger partial charge in [0.05, 0.1) is 24.2 Å². The summed E-state index contributed by atoms with van der Waals surface area (Å²) in [6.07, 6.45) is 3.58. The van der Waals surface area contributed by atoms with Crippen LogP contribution in [0.1, 0.15) is 54.2 Å². The number of hydrogen-bond donors (Lipinski definition) is 2. The average molecular weight is 783 g/mol. The number of fused-ring (bicyclic) bond motifs is 2. The summed E-state index contributed by atoms with van der Waals surface area (Å²) in [5.74, 6) is -0.163. The van der Waals surface area contributed by atoms with Gasteiger partial charge in [0, 0.05) is 50.2 Å². The molecule has 58 heavy (non-hydrogen) atoms. The third-order valence-corrected chi connectivity index (χ3v) is 10.5. The van der Waals surface area contributed by atoms with Crippen molar-refractivity contribution in [3.8, 4) is 11.5 Å². The Morgan fingerprint density at radius 1 is 0.931 bits per heavy atom. The first-order valence-electron chi connectivity index (χ1n) is 19.6. The summed E-state index contributed by atoms with van der Waals surface area (Å²) in [6.45, 7) is 10.2. The van der Waals surface area contributed by atoms with E-state index in [1.54, 1.807) is 68.5 Å². The number of benzene rings is 4. The zero-order chi connectivity index (χ0) is 41.1. The van der Waals surface area contributed by atoms with E-state index < -0.39 is 12.2 Å². The number of para-hydroxylation sites is 1. The number of carbonyl (C=O) groups is 4. The molecule has 0 unspecified atom stereocenters. The van der Waals surface area contributed by atoms with Crippen molar-refractivity contribution in [3.05, 3.63) is 138 Å². The third kappa shape index (κ3) is 8.62. The van der Waals surface area contributed by atoms with Crippen molar-refractivity contribution in [3.63, 3.8) is 0 Å². The number of carbonyl (C=O) groups excluding carboxylic acids is 4. The Balaban J connectivity index is 1.20. The van der Waals surface area contributed by atoms with Gasteiger partial charge in [-0.3, -0.25) is 19.2 Å². The molecule has 2 aliphatic heterocycles. The van der Waals surface area contributed by atoms with Gasteiger partial charge in [-0.05, 0) is 80.3 Å². The van der Waals surface area contributed by atoms with Crippen molar-refractivity contribution in [2.24, 2.45) is 7.05 Å². The minimum absolute atomic E-state index is 0.0739. The van der Waals surface area contributed by atoms with Crippen LogP contribution in [0.2, 0.25) is 0 Å². The second-order valence-corrected chi connectivity index (χ2v) is 15.9. The van der Waals surface area contributed by atoms with Gasteiger partial charge < -0.3 is 29.5 Å². The third-order valence-electron chi connectivity index (χ3n) is 10.5. The fourth-order valence-corrected chi connectivity index (χ4v) is 7.99. The zero-order valence-corrected chi connectivity index (χ0v) is 33.4. The summed E-state index contributed by atoms with van der Waals surface area (Å²) in [5, 5.41) is 17.1. The number of phenols is 1. The molecule has 12 nitrogen and oxygen atoms in total. The molecule has 0 spiro atoms. The van der Waals surface area contributed by atoms with E-state index in [0.29, 0.717) is 23.4 Å². The molecule has 0 saturated carbocycles. The SMILES string of the molecule is C=CCN1CC(=O)N2[C@@H](Cc3ccc(O)cc3)C(=O)N(Cc3cccc4c(C(=O)Nc5ccc(OC(C)(C)C)cc5)cn(C)c34)C[C@@H]2N1C(=O)CCc1ccccc1. The van der Waals surface area contributed by atoms with Gasteiger partial charge in [-0.25, -0.2) is 10.0 Å². The topological polar surface area (TPSA) is 128 Å². The van der Waals surface area contributed by atoms with Crippen LogP contribution in [0.5, 0.6) is 11.5 Å². The molecule has 7 rings (SSSR count). The number of rotatable bonds is 12. The van der Waals surface area contributed by atoms with E-state index in [2.05, 4.69) is 11.9 Å². The van der Waals surface area contributed by atoms with Gasteiger partial charge >= 0.3 is 0 Å². The number of amides is 4. The number of hydrogen-bond acceptors (Lipinski definition) is 7. The molecule has 0 bridgehead atoms. The molecule has 2 aliphatic rings. The second kappa shape index (κ2) is 16.6. The summed E-state index contributed by atoms with van der Waals surface area (Å²) in [4.78, 5) is 60.1. The smallest absolute Gasteiger partial charge is 0.257 e. The molecule has 2 fully saturated rings. The lowest BCUT2D eigenvalue weighted by Gasteiger charge is -2.55. The largest absolute Gasteiger partial charge is 0.508 e. The molecule has 0 radical (unpaired) electrons. The molecule has 5 aromatic rings. The minimum atomic E-state index is -0.916. The van der Waals surface area contributed by atoms with Gasteiger partial charge in [0.2, 0.25) is 17.7 Å². The van der Waals surface area contributed by atoms with Crippen LogP contribution in [0, 0.1) is 0 Å². The number of hydrazine groups is 1. The second-order valence-electron chi connectivity index (χ2n) is 15.9. The Bertz CT molecular complexity index is 2320. The molecule has 2 saturated heterocycles. The first kappa shape index (κ1) is 39.8. The summed E-state index contributed by atoms with van der Waals surface area (Å²) in [7, 11) is 1.87. The Kier molecular flexibility index (Phi) is 11.4. The van der Waals surface area contributed by atoms with E-state index in [4.69, 9.17) is 4.74 Å². The molecule has 12 heteroatoms. The maximum atomic E-state index is 14.7. The predicted octanol–water partition coefficient (Wildman–Crippen LogP) is 6.30. The Morgan fingerprint density at radius 2 is 1.66 bits per heavy atom. The highest BCUT2D eigenvalue weighted by atomic mass is 16.5. The van der Waals surface area contributed by atoms with Gasteiger partial charge in [-0.2, -0.15) is 0 Å². The maximum absolute atomic E-state index is 14.7. The molecule has 2 atom stereocenters. The van der Waals surface area contributed by atoms with Crippen LogP contribution in [0.15, 0.2) is 116 Å². The molecule has 0 aliphatic carbocycles. The first-order chi connectivity index (χ1) is 27.8. The Labute approximate surface area is 338 Å². The van der Waals surface area contributed by atoms with Crippen molar-refractivity contribution >= 4 is 40.2 Å². The predicted molar refractivity (Wildman–Crippen MR) is 223 cm³/mol. The number of phenolic OH excluding ortho intramolecular Hbond substituents is 1. The number of aromatic hydroxyl groups is 1.